The fourth-order valence-corrected chi connectivity index (χ4v) is 3.36. The van der Waals surface area contributed by atoms with Crippen LogP contribution in [0.15, 0.2) is 48.5 Å². The molecule has 2 aromatic carbocycles. The molecule has 0 fully saturated rings. The maximum atomic E-state index is 12.8. The molecule has 7 nitrogen and oxygen atoms in total. The van der Waals surface area contributed by atoms with E-state index in [9.17, 15) is 4.79 Å². The molecule has 2 heterocycles. The van der Waals surface area contributed by atoms with E-state index in [1.807, 2.05) is 43.3 Å². The van der Waals surface area contributed by atoms with Crippen LogP contribution in [0, 0.1) is 13.8 Å². The predicted molar refractivity (Wildman–Crippen MR) is 116 cm³/mol. The summed E-state index contributed by atoms with van der Waals surface area (Å²) >= 11 is 6.03. The van der Waals surface area contributed by atoms with Gasteiger partial charge in [-0.05, 0) is 43.7 Å². The average molecular weight is 422 g/mol. The molecule has 152 valence electrons. The van der Waals surface area contributed by atoms with Crippen LogP contribution >= 0.6 is 11.6 Å². The smallest absolute Gasteiger partial charge is 0.278 e. The molecule has 0 unspecified atom stereocenters. The van der Waals surface area contributed by atoms with Crippen LogP contribution in [-0.4, -0.2) is 32.8 Å². The molecule has 2 aromatic heterocycles. The monoisotopic (exact) mass is 421 g/mol. The summed E-state index contributed by atoms with van der Waals surface area (Å²) in [7, 11) is 1.61. The summed E-state index contributed by atoms with van der Waals surface area (Å²) in [5.41, 5.74) is 5.54. The Kier molecular flexibility index (Phi) is 5.48. The zero-order valence-corrected chi connectivity index (χ0v) is 17.6. The normalized spacial score (nSPS) is 11.1. The van der Waals surface area contributed by atoms with Gasteiger partial charge in [-0.25, -0.2) is 4.52 Å². The van der Waals surface area contributed by atoms with Gasteiger partial charge in [-0.2, -0.15) is 5.10 Å². The summed E-state index contributed by atoms with van der Waals surface area (Å²) in [4.78, 5) is 12.8. The number of amides is 1. The van der Waals surface area contributed by atoms with Gasteiger partial charge in [0.25, 0.3) is 5.91 Å². The molecule has 30 heavy (non-hydrogen) atoms. The lowest BCUT2D eigenvalue weighted by atomic mass is 10.1. The van der Waals surface area contributed by atoms with Crippen molar-refractivity contribution in [2.75, 3.05) is 12.4 Å². The second kappa shape index (κ2) is 8.22. The van der Waals surface area contributed by atoms with E-state index in [2.05, 4.69) is 20.6 Å². The van der Waals surface area contributed by atoms with Crippen molar-refractivity contribution in [3.8, 4) is 11.1 Å². The Labute approximate surface area is 178 Å². The highest BCUT2D eigenvalue weighted by atomic mass is 35.5. The topological polar surface area (TPSA) is 81.4 Å². The van der Waals surface area contributed by atoms with Crippen LogP contribution in [0.3, 0.4) is 0 Å². The predicted octanol–water partition coefficient (Wildman–Crippen LogP) is 4.46. The summed E-state index contributed by atoms with van der Waals surface area (Å²) in [5.74, 6) is -0.345. The van der Waals surface area contributed by atoms with Gasteiger partial charge in [0.2, 0.25) is 0 Å². The van der Waals surface area contributed by atoms with E-state index >= 15 is 0 Å². The number of aryl methyl sites for hydroxylation is 2. The maximum absolute atomic E-state index is 12.8. The number of nitrogens with zero attached hydrogens (tertiary/aromatic N) is 4. The number of carbonyl (C=O) groups is 1. The van der Waals surface area contributed by atoms with Crippen molar-refractivity contribution in [1.82, 2.24) is 19.8 Å². The maximum Gasteiger partial charge on any atom is 0.278 e. The Balaban J connectivity index is 1.77. The highest BCUT2D eigenvalue weighted by Crippen LogP contribution is 2.29. The molecule has 1 amide bonds. The Morgan fingerprint density at radius 3 is 2.43 bits per heavy atom. The third-order valence-corrected chi connectivity index (χ3v) is 5.03. The van der Waals surface area contributed by atoms with Crippen molar-refractivity contribution in [3.63, 3.8) is 0 Å². The van der Waals surface area contributed by atoms with Gasteiger partial charge >= 0.3 is 0 Å². The third-order valence-electron chi connectivity index (χ3n) is 4.78. The summed E-state index contributed by atoms with van der Waals surface area (Å²) < 4.78 is 6.95. The Bertz CT molecular complexity index is 1220. The largest absolute Gasteiger partial charge is 0.378 e. The fraction of sp³-hybridized carbons (Fsp3) is 0.182. The van der Waals surface area contributed by atoms with E-state index in [4.69, 9.17) is 16.3 Å². The average Bonchev–Trinajstić information content (AvgIpc) is 3.10. The van der Waals surface area contributed by atoms with Crippen LogP contribution in [-0.2, 0) is 11.3 Å². The zero-order valence-electron chi connectivity index (χ0n) is 16.8. The molecular formula is C22H20ClN5O2. The van der Waals surface area contributed by atoms with Gasteiger partial charge in [0.1, 0.15) is 0 Å². The lowest BCUT2D eigenvalue weighted by Gasteiger charge is -2.08. The number of fused-ring (bicyclic) bond motifs is 1. The van der Waals surface area contributed by atoms with Gasteiger partial charge in [-0.3, -0.25) is 4.79 Å². The second-order valence-corrected chi connectivity index (χ2v) is 7.39. The van der Waals surface area contributed by atoms with Gasteiger partial charge in [0.05, 0.1) is 23.6 Å². The van der Waals surface area contributed by atoms with Crippen LogP contribution < -0.4 is 5.32 Å². The molecule has 0 atom stereocenters. The molecule has 0 aliphatic rings. The SMILES string of the molecule is COCc1nn2c(C)c(C(=O)Nc3ccc(C)cc3)nnc2c1-c1ccc(Cl)cc1. The first kappa shape index (κ1) is 20.0. The molecule has 1 N–H and O–H groups in total. The summed E-state index contributed by atoms with van der Waals surface area (Å²) in [5, 5.41) is 16.7. The standard InChI is InChI=1S/C22H20ClN5O2/c1-13-4-10-17(11-5-13)24-22(29)20-14(2)28-21(26-25-20)19(18(27-28)12-30-3)15-6-8-16(23)9-7-15/h4-11H,12H2,1-3H3,(H,24,29). The van der Waals surface area contributed by atoms with E-state index in [1.165, 1.54) is 0 Å². The van der Waals surface area contributed by atoms with E-state index in [0.717, 1.165) is 16.7 Å². The molecule has 0 aliphatic carbocycles. The lowest BCUT2D eigenvalue weighted by molar-refractivity contribution is 0.102. The number of nitrogens with one attached hydrogen (secondary N) is 1. The van der Waals surface area contributed by atoms with Crippen LogP contribution in [0.4, 0.5) is 5.69 Å². The number of aromatic nitrogens is 4. The van der Waals surface area contributed by atoms with Crippen LogP contribution in [0.2, 0.25) is 5.02 Å². The van der Waals surface area contributed by atoms with Crippen molar-refractivity contribution < 1.29 is 9.53 Å². The summed E-state index contributed by atoms with van der Waals surface area (Å²) in [6.45, 7) is 4.08. The molecule has 0 radical (unpaired) electrons. The Morgan fingerprint density at radius 1 is 1.07 bits per heavy atom. The van der Waals surface area contributed by atoms with Crippen LogP contribution in [0.5, 0.6) is 0 Å². The van der Waals surface area contributed by atoms with Gasteiger partial charge < -0.3 is 10.1 Å². The number of anilines is 1. The molecule has 0 saturated carbocycles. The second-order valence-electron chi connectivity index (χ2n) is 6.95. The van der Waals surface area contributed by atoms with Gasteiger partial charge in [-0.1, -0.05) is 41.4 Å². The minimum atomic E-state index is -0.345. The number of halogens is 1. The molecule has 0 bridgehead atoms. The van der Waals surface area contributed by atoms with Gasteiger partial charge in [-0.15, -0.1) is 10.2 Å². The number of benzene rings is 2. The van der Waals surface area contributed by atoms with Crippen molar-refractivity contribution in [2.24, 2.45) is 0 Å². The first-order valence-electron chi connectivity index (χ1n) is 9.35. The van der Waals surface area contributed by atoms with E-state index in [-0.39, 0.29) is 11.6 Å². The van der Waals surface area contributed by atoms with Crippen LogP contribution in [0.1, 0.15) is 27.4 Å². The highest BCUT2D eigenvalue weighted by molar-refractivity contribution is 6.30. The number of methoxy groups -OCH3 is 1. The third kappa shape index (κ3) is 3.77. The van der Waals surface area contributed by atoms with Crippen LogP contribution in [0.25, 0.3) is 16.8 Å². The molecule has 4 rings (SSSR count). The Hall–Kier alpha value is -3.29. The quantitative estimate of drug-likeness (QED) is 0.514. The van der Waals surface area contributed by atoms with Crippen molar-refractivity contribution >= 4 is 28.8 Å². The fourth-order valence-electron chi connectivity index (χ4n) is 3.24. The van der Waals surface area contributed by atoms with Gasteiger partial charge in [0, 0.05) is 17.8 Å². The molecule has 0 saturated heterocycles. The number of ether oxygens (including phenoxy) is 1. The van der Waals surface area contributed by atoms with Gasteiger partial charge in [0.15, 0.2) is 11.3 Å². The lowest BCUT2D eigenvalue weighted by Crippen LogP contribution is -2.18. The minimum absolute atomic E-state index is 0.206. The zero-order chi connectivity index (χ0) is 21.3. The first-order valence-corrected chi connectivity index (χ1v) is 9.73. The highest BCUT2D eigenvalue weighted by Gasteiger charge is 2.22. The minimum Gasteiger partial charge on any atom is -0.378 e. The van der Waals surface area contributed by atoms with Crippen molar-refractivity contribution in [2.45, 2.75) is 20.5 Å². The van der Waals surface area contributed by atoms with E-state index in [0.29, 0.717) is 34.4 Å². The molecular weight excluding hydrogens is 402 g/mol. The van der Waals surface area contributed by atoms with Crippen molar-refractivity contribution in [1.29, 1.82) is 0 Å². The first-order chi connectivity index (χ1) is 14.5. The Morgan fingerprint density at radius 2 is 1.77 bits per heavy atom. The number of hydrogen-bond acceptors (Lipinski definition) is 5. The van der Waals surface area contributed by atoms with E-state index < -0.39 is 0 Å². The summed E-state index contributed by atoms with van der Waals surface area (Å²) in [6.07, 6.45) is 0. The van der Waals surface area contributed by atoms with Crippen molar-refractivity contribution in [3.05, 3.63) is 76.2 Å². The summed E-state index contributed by atoms with van der Waals surface area (Å²) in [6, 6.07) is 15.0. The molecule has 8 heteroatoms. The molecule has 4 aromatic rings. The van der Waals surface area contributed by atoms with E-state index in [1.54, 1.807) is 30.7 Å². The molecule has 0 aliphatic heterocycles. The number of hydrogen-bond donors (Lipinski definition) is 1. The number of carbonyl (C=O) groups excluding carboxylic acids is 1. The number of rotatable bonds is 5. The molecule has 0 spiro atoms.